The number of hydrogen-bond donors (Lipinski definition) is 2. The van der Waals surface area contributed by atoms with Crippen molar-refractivity contribution in [2.75, 3.05) is 19.7 Å². The molecule has 0 radical (unpaired) electrons. The topological polar surface area (TPSA) is 87.3 Å². The van der Waals surface area contributed by atoms with E-state index in [9.17, 15) is 9.59 Å². The standard InChI is InChI=1S/C28H38N4O3/c1-18(28-12-19-9-20(13-28)11-21(10-19)14-28)29-26(33)17-32(15-22-5-4-8-35-22)16-25-30-24-7-3-2-6-23(24)27(34)31-25/h2-3,6-7,18-22H,4-5,8-17H2,1H3,(H,29,33)(H,30,31,34)/t18-,19?,20?,21?,22-,28?/m0/s1. The molecule has 1 aromatic heterocycles. The predicted octanol–water partition coefficient (Wildman–Crippen LogP) is 3.63. The molecule has 188 valence electrons. The third kappa shape index (κ3) is 4.77. The van der Waals surface area contributed by atoms with E-state index in [-0.39, 0.29) is 35.6 Å². The van der Waals surface area contributed by atoms with E-state index >= 15 is 0 Å². The molecule has 2 aromatic rings. The zero-order chi connectivity index (χ0) is 24.0. The molecule has 1 aromatic carbocycles. The van der Waals surface area contributed by atoms with Crippen LogP contribution in [0, 0.1) is 23.2 Å². The van der Waals surface area contributed by atoms with Crippen molar-refractivity contribution in [3.63, 3.8) is 0 Å². The number of para-hydroxylation sites is 1. The molecule has 0 unspecified atom stereocenters. The van der Waals surface area contributed by atoms with Crippen LogP contribution in [0.1, 0.15) is 64.1 Å². The van der Waals surface area contributed by atoms with Crippen molar-refractivity contribution >= 4 is 16.8 Å². The smallest absolute Gasteiger partial charge is 0.258 e. The third-order valence-corrected chi connectivity index (χ3v) is 9.27. The van der Waals surface area contributed by atoms with Gasteiger partial charge in [-0.2, -0.15) is 0 Å². The fourth-order valence-corrected chi connectivity index (χ4v) is 8.03. The second-order valence-electron chi connectivity index (χ2n) is 11.9. The van der Waals surface area contributed by atoms with Crippen molar-refractivity contribution in [2.24, 2.45) is 23.2 Å². The highest BCUT2D eigenvalue weighted by Crippen LogP contribution is 2.61. The summed E-state index contributed by atoms with van der Waals surface area (Å²) in [6.45, 7) is 4.37. The van der Waals surface area contributed by atoms with Gasteiger partial charge in [0.25, 0.3) is 5.56 Å². The third-order valence-electron chi connectivity index (χ3n) is 9.27. The lowest BCUT2D eigenvalue weighted by atomic mass is 9.48. The van der Waals surface area contributed by atoms with Crippen LogP contribution >= 0.6 is 0 Å². The number of fused-ring (bicyclic) bond motifs is 1. The summed E-state index contributed by atoms with van der Waals surface area (Å²) in [5.41, 5.74) is 0.834. The zero-order valence-corrected chi connectivity index (χ0v) is 20.8. The number of nitrogens with zero attached hydrogens (tertiary/aromatic N) is 2. The molecule has 1 amide bonds. The van der Waals surface area contributed by atoms with Crippen molar-refractivity contribution in [1.82, 2.24) is 20.2 Å². The Kier molecular flexibility index (Phi) is 6.17. The van der Waals surface area contributed by atoms with E-state index in [0.717, 1.165) is 37.2 Å². The molecule has 4 aliphatic carbocycles. The van der Waals surface area contributed by atoms with Crippen LogP contribution in [0.15, 0.2) is 29.1 Å². The van der Waals surface area contributed by atoms with Crippen molar-refractivity contribution in [3.05, 3.63) is 40.4 Å². The average Bonchev–Trinajstić information content (AvgIpc) is 3.31. The van der Waals surface area contributed by atoms with Crippen LogP contribution in [-0.4, -0.2) is 52.6 Å². The summed E-state index contributed by atoms with van der Waals surface area (Å²) in [4.78, 5) is 35.6. The average molecular weight is 479 g/mol. The number of carbonyl (C=O) groups is 1. The van der Waals surface area contributed by atoms with Crippen molar-refractivity contribution in [1.29, 1.82) is 0 Å². The number of hydrogen-bond acceptors (Lipinski definition) is 5. The minimum atomic E-state index is -0.137. The van der Waals surface area contributed by atoms with Crippen LogP contribution < -0.4 is 10.9 Å². The molecule has 1 aliphatic heterocycles. The first-order valence-corrected chi connectivity index (χ1v) is 13.6. The highest BCUT2D eigenvalue weighted by Gasteiger charge is 2.53. The minimum Gasteiger partial charge on any atom is -0.377 e. The fraction of sp³-hybridized carbons (Fsp3) is 0.679. The molecule has 2 atom stereocenters. The van der Waals surface area contributed by atoms with Gasteiger partial charge in [0.2, 0.25) is 5.91 Å². The van der Waals surface area contributed by atoms with Crippen molar-refractivity contribution in [3.8, 4) is 0 Å². The molecule has 7 nitrogen and oxygen atoms in total. The maximum Gasteiger partial charge on any atom is 0.258 e. The lowest BCUT2D eigenvalue weighted by molar-refractivity contribution is -0.127. The van der Waals surface area contributed by atoms with Gasteiger partial charge in [0.05, 0.1) is 30.1 Å². The Morgan fingerprint density at radius 2 is 1.91 bits per heavy atom. The zero-order valence-electron chi connectivity index (χ0n) is 20.8. The maximum atomic E-state index is 13.3. The summed E-state index contributed by atoms with van der Waals surface area (Å²) < 4.78 is 5.88. The molecule has 7 rings (SSSR count). The van der Waals surface area contributed by atoms with Gasteiger partial charge < -0.3 is 15.0 Å². The maximum absolute atomic E-state index is 13.3. The number of aromatic nitrogens is 2. The second-order valence-corrected chi connectivity index (χ2v) is 11.9. The highest BCUT2D eigenvalue weighted by molar-refractivity contribution is 5.78. The predicted molar refractivity (Wildman–Crippen MR) is 135 cm³/mol. The first kappa shape index (κ1) is 23.2. The number of nitrogens with one attached hydrogen (secondary N) is 2. The summed E-state index contributed by atoms with van der Waals surface area (Å²) in [5, 5.41) is 3.99. The van der Waals surface area contributed by atoms with Gasteiger partial charge in [0, 0.05) is 19.2 Å². The van der Waals surface area contributed by atoms with Crippen LogP contribution in [0.5, 0.6) is 0 Å². The number of aromatic amines is 1. The second kappa shape index (κ2) is 9.32. The lowest BCUT2D eigenvalue weighted by Crippen LogP contribution is -2.56. The highest BCUT2D eigenvalue weighted by atomic mass is 16.5. The molecule has 5 fully saturated rings. The van der Waals surface area contributed by atoms with E-state index in [1.54, 1.807) is 6.07 Å². The normalized spacial score (nSPS) is 32.4. The summed E-state index contributed by atoms with van der Waals surface area (Å²) >= 11 is 0. The van der Waals surface area contributed by atoms with E-state index in [2.05, 4.69) is 27.1 Å². The molecular formula is C28H38N4O3. The Hall–Kier alpha value is -2.25. The van der Waals surface area contributed by atoms with Gasteiger partial charge in [0.15, 0.2) is 0 Å². The van der Waals surface area contributed by atoms with Crippen molar-refractivity contribution < 1.29 is 9.53 Å². The van der Waals surface area contributed by atoms with E-state index in [1.807, 2.05) is 18.2 Å². The largest absolute Gasteiger partial charge is 0.377 e. The Morgan fingerprint density at radius 3 is 2.60 bits per heavy atom. The Labute approximate surface area is 207 Å². The number of ether oxygens (including phenoxy) is 1. The molecule has 4 bridgehead atoms. The molecule has 0 spiro atoms. The lowest BCUT2D eigenvalue weighted by Gasteiger charge is -2.59. The van der Waals surface area contributed by atoms with Gasteiger partial charge in [-0.15, -0.1) is 0 Å². The summed E-state index contributed by atoms with van der Waals surface area (Å²) in [7, 11) is 0. The van der Waals surface area contributed by atoms with Gasteiger partial charge in [-0.3, -0.25) is 14.5 Å². The van der Waals surface area contributed by atoms with Crippen LogP contribution in [0.4, 0.5) is 0 Å². The first-order chi connectivity index (χ1) is 17.0. The first-order valence-electron chi connectivity index (χ1n) is 13.6. The van der Waals surface area contributed by atoms with Gasteiger partial charge in [-0.05, 0) is 93.6 Å². The molecule has 2 heterocycles. The van der Waals surface area contributed by atoms with E-state index < -0.39 is 0 Å². The molecule has 7 heteroatoms. The number of benzene rings is 1. The monoisotopic (exact) mass is 478 g/mol. The van der Waals surface area contributed by atoms with E-state index in [4.69, 9.17) is 4.74 Å². The summed E-state index contributed by atoms with van der Waals surface area (Å²) in [6.07, 6.45) is 10.2. The Bertz CT molecular complexity index is 1100. The van der Waals surface area contributed by atoms with Crippen LogP contribution in [0.3, 0.4) is 0 Å². The molecule has 2 N–H and O–H groups in total. The SMILES string of the molecule is C[C@H](NC(=O)CN(Cc1nc2ccccc2c(=O)[nH]1)C[C@@H]1CCCO1)C12CC3CC(CC(C3)C1)C2. The molecular weight excluding hydrogens is 440 g/mol. The number of amides is 1. The van der Waals surface area contributed by atoms with Gasteiger partial charge >= 0.3 is 0 Å². The van der Waals surface area contributed by atoms with Crippen molar-refractivity contribution in [2.45, 2.75) is 77.0 Å². The molecule has 4 saturated carbocycles. The van der Waals surface area contributed by atoms with Gasteiger partial charge in [-0.25, -0.2) is 4.98 Å². The summed E-state index contributed by atoms with van der Waals surface area (Å²) in [6, 6.07) is 7.58. The Morgan fingerprint density at radius 1 is 1.20 bits per heavy atom. The fourth-order valence-electron chi connectivity index (χ4n) is 8.03. The minimum absolute atomic E-state index is 0.0642. The Balaban J connectivity index is 1.15. The number of carbonyl (C=O) groups excluding carboxylic acids is 1. The number of H-pyrrole nitrogens is 1. The molecule has 1 saturated heterocycles. The van der Waals surface area contributed by atoms with Crippen LogP contribution in [0.2, 0.25) is 0 Å². The van der Waals surface area contributed by atoms with Crippen LogP contribution in [-0.2, 0) is 16.1 Å². The van der Waals surface area contributed by atoms with E-state index in [0.29, 0.717) is 29.8 Å². The quantitative estimate of drug-likeness (QED) is 0.605. The summed E-state index contributed by atoms with van der Waals surface area (Å²) in [5.74, 6) is 3.26. The van der Waals surface area contributed by atoms with Gasteiger partial charge in [-0.1, -0.05) is 12.1 Å². The van der Waals surface area contributed by atoms with E-state index in [1.165, 1.54) is 38.5 Å². The van der Waals surface area contributed by atoms with Crippen LogP contribution in [0.25, 0.3) is 10.9 Å². The number of rotatable bonds is 8. The molecule has 5 aliphatic rings. The van der Waals surface area contributed by atoms with Gasteiger partial charge in [0.1, 0.15) is 5.82 Å². The molecule has 35 heavy (non-hydrogen) atoms.